The molecule has 6 rings (SSSR count). The third-order valence-corrected chi connectivity index (χ3v) is 9.11. The number of ketones is 2. The molecule has 4 unspecified atom stereocenters. The maximum Gasteiger partial charge on any atom is 0.312 e. The number of fused-ring (bicyclic) bond motifs is 2. The second-order valence-electron chi connectivity index (χ2n) is 10.7. The molecule has 5 saturated carbocycles. The van der Waals surface area contributed by atoms with Gasteiger partial charge in [0, 0.05) is 17.9 Å². The number of rotatable bonds is 2. The van der Waals surface area contributed by atoms with Gasteiger partial charge in [-0.1, -0.05) is 19.9 Å². The van der Waals surface area contributed by atoms with Crippen molar-refractivity contribution < 1.29 is 19.1 Å². The van der Waals surface area contributed by atoms with E-state index in [9.17, 15) is 14.4 Å². The highest BCUT2D eigenvalue weighted by Crippen LogP contribution is 2.72. The average Bonchev–Trinajstić information content (AvgIpc) is 2.65. The van der Waals surface area contributed by atoms with E-state index in [2.05, 4.69) is 13.5 Å². The highest BCUT2D eigenvalue weighted by molar-refractivity contribution is 6.18. The lowest BCUT2D eigenvalue weighted by atomic mass is 9.33. The molecule has 1 heterocycles. The smallest absolute Gasteiger partial charge is 0.312 e. The summed E-state index contributed by atoms with van der Waals surface area (Å²) in [5.41, 5.74) is -1.29. The van der Waals surface area contributed by atoms with Crippen LogP contribution in [0.4, 0.5) is 0 Å². The lowest BCUT2D eigenvalue weighted by Crippen LogP contribution is -2.75. The minimum Gasteiger partial charge on any atom is -0.465 e. The number of hydrogen-bond acceptors (Lipinski definition) is 5. The molecule has 1 saturated heterocycles. The molecule has 5 nitrogen and oxygen atoms in total. The van der Waals surface area contributed by atoms with Gasteiger partial charge in [0.2, 0.25) is 0 Å². The Balaban J connectivity index is 1.76. The summed E-state index contributed by atoms with van der Waals surface area (Å²) in [6, 6.07) is 0. The van der Waals surface area contributed by atoms with Crippen molar-refractivity contribution in [2.75, 3.05) is 27.2 Å². The highest BCUT2D eigenvalue weighted by atomic mass is 16.5. The fourth-order valence-corrected chi connectivity index (χ4v) is 8.21. The van der Waals surface area contributed by atoms with Crippen LogP contribution in [-0.2, 0) is 19.1 Å². The maximum atomic E-state index is 14.1. The van der Waals surface area contributed by atoms with E-state index < -0.39 is 10.8 Å². The minimum atomic E-state index is -1.04. The van der Waals surface area contributed by atoms with Gasteiger partial charge in [-0.05, 0) is 69.5 Å². The van der Waals surface area contributed by atoms with Gasteiger partial charge < -0.3 is 9.64 Å². The first kappa shape index (κ1) is 18.5. The van der Waals surface area contributed by atoms with E-state index in [1.165, 1.54) is 0 Å². The molecule has 0 N–H and O–H groups in total. The molecule has 28 heavy (non-hydrogen) atoms. The van der Waals surface area contributed by atoms with E-state index in [0.717, 1.165) is 32.1 Å². The molecule has 152 valence electrons. The van der Waals surface area contributed by atoms with Crippen LogP contribution in [-0.4, -0.2) is 49.7 Å². The van der Waals surface area contributed by atoms with Gasteiger partial charge in [-0.25, -0.2) is 0 Å². The van der Waals surface area contributed by atoms with Gasteiger partial charge in [-0.2, -0.15) is 0 Å². The van der Waals surface area contributed by atoms with Gasteiger partial charge in [0.25, 0.3) is 0 Å². The van der Waals surface area contributed by atoms with E-state index in [0.29, 0.717) is 25.1 Å². The number of nitrogens with zero attached hydrogens (tertiary/aromatic N) is 1. The maximum absolute atomic E-state index is 14.1. The van der Waals surface area contributed by atoms with Crippen molar-refractivity contribution in [2.24, 2.45) is 39.9 Å². The first-order valence-corrected chi connectivity index (χ1v) is 10.8. The third-order valence-electron chi connectivity index (χ3n) is 9.11. The lowest BCUT2D eigenvalue weighted by Gasteiger charge is -2.69. The van der Waals surface area contributed by atoms with Crippen molar-refractivity contribution in [1.82, 2.24) is 4.90 Å². The van der Waals surface area contributed by atoms with E-state index in [-0.39, 0.29) is 46.6 Å². The van der Waals surface area contributed by atoms with Crippen LogP contribution < -0.4 is 0 Å². The van der Waals surface area contributed by atoms with Crippen LogP contribution in [0.3, 0.4) is 0 Å². The number of Topliss-reactive ketones (excluding diaryl/α,β-unsaturated/α-hetero) is 2. The molecule has 0 amide bonds. The molecular weight excluding hydrogens is 354 g/mol. The van der Waals surface area contributed by atoms with Crippen LogP contribution in [0.25, 0.3) is 0 Å². The van der Waals surface area contributed by atoms with E-state index in [1.54, 1.807) is 0 Å². The van der Waals surface area contributed by atoms with E-state index in [1.807, 2.05) is 19.0 Å². The summed E-state index contributed by atoms with van der Waals surface area (Å²) in [5.74, 6) is -0.514. The van der Waals surface area contributed by atoms with Gasteiger partial charge in [-0.3, -0.25) is 14.4 Å². The van der Waals surface area contributed by atoms with Crippen LogP contribution in [0.1, 0.15) is 45.4 Å². The van der Waals surface area contributed by atoms with E-state index in [4.69, 9.17) is 4.74 Å². The molecule has 0 radical (unpaired) electrons. The van der Waals surface area contributed by atoms with Crippen LogP contribution in [0.5, 0.6) is 0 Å². The van der Waals surface area contributed by atoms with Gasteiger partial charge >= 0.3 is 5.97 Å². The third kappa shape index (κ3) is 1.90. The Morgan fingerprint density at radius 2 is 1.93 bits per heavy atom. The van der Waals surface area contributed by atoms with Gasteiger partial charge in [0.15, 0.2) is 11.6 Å². The van der Waals surface area contributed by atoms with Crippen molar-refractivity contribution in [3.05, 3.63) is 12.2 Å². The molecule has 7 atom stereocenters. The molecule has 0 aromatic carbocycles. The summed E-state index contributed by atoms with van der Waals surface area (Å²) in [7, 11) is 3.95. The predicted molar refractivity (Wildman–Crippen MR) is 103 cm³/mol. The van der Waals surface area contributed by atoms with Crippen molar-refractivity contribution in [3.8, 4) is 0 Å². The molecular formula is C23H31NO4. The zero-order chi connectivity index (χ0) is 20.1. The van der Waals surface area contributed by atoms with Crippen molar-refractivity contribution >= 4 is 17.5 Å². The van der Waals surface area contributed by atoms with Crippen molar-refractivity contribution in [1.29, 1.82) is 0 Å². The SMILES string of the molecule is C=C1C(=O)[C@]23CC[C@H]1CC2C12CCC[C@@](C)(COC1=O)C2C(CN(C)C)C3=O. The minimum absolute atomic E-state index is 0.0269. The first-order valence-electron chi connectivity index (χ1n) is 10.8. The van der Waals surface area contributed by atoms with Crippen molar-refractivity contribution in [3.63, 3.8) is 0 Å². The summed E-state index contributed by atoms with van der Waals surface area (Å²) in [5, 5.41) is 0. The fraction of sp³-hybridized carbons (Fsp3) is 0.783. The molecule has 6 aliphatic rings. The molecule has 5 heteroatoms. The Bertz CT molecular complexity index is 802. The summed E-state index contributed by atoms with van der Waals surface area (Å²) in [6.45, 7) is 7.26. The average molecular weight is 386 g/mol. The number of carbonyl (C=O) groups is 3. The number of cyclic esters (lactones) is 1. The van der Waals surface area contributed by atoms with E-state index >= 15 is 0 Å². The highest BCUT2D eigenvalue weighted by Gasteiger charge is 2.78. The number of ether oxygens (including phenoxy) is 1. The second-order valence-corrected chi connectivity index (χ2v) is 10.7. The normalized spacial score (nSPS) is 49.7. The molecule has 4 bridgehead atoms. The summed E-state index contributed by atoms with van der Waals surface area (Å²) in [6.07, 6.45) is 4.87. The number of carbonyl (C=O) groups excluding carboxylic acids is 3. The first-order chi connectivity index (χ1) is 13.2. The molecule has 1 aliphatic heterocycles. The Kier molecular flexibility index (Phi) is 3.68. The van der Waals surface area contributed by atoms with Gasteiger partial charge in [0.05, 0.1) is 17.4 Å². The fourth-order valence-electron chi connectivity index (χ4n) is 8.21. The molecule has 0 aromatic heterocycles. The topological polar surface area (TPSA) is 63.7 Å². The molecule has 0 aromatic rings. The number of allylic oxidation sites excluding steroid dienone is 1. The summed E-state index contributed by atoms with van der Waals surface area (Å²) >= 11 is 0. The lowest BCUT2D eigenvalue weighted by molar-refractivity contribution is -0.241. The predicted octanol–water partition coefficient (Wildman–Crippen LogP) is 2.64. The van der Waals surface area contributed by atoms with Crippen LogP contribution in [0, 0.1) is 39.9 Å². The quantitative estimate of drug-likeness (QED) is 0.415. The largest absolute Gasteiger partial charge is 0.465 e. The van der Waals surface area contributed by atoms with Crippen LogP contribution >= 0.6 is 0 Å². The Morgan fingerprint density at radius 3 is 2.64 bits per heavy atom. The molecule has 5 aliphatic carbocycles. The standard InChI is InChI=1S/C23H31NO4/c1-13-14-6-9-23(18(13)25)16(10-14)22-8-5-7-21(2,12-28-20(22)27)17(22)15(19(23)26)11-24(3)4/h14-17H,1,5-12H2,2-4H3/t14-,15?,16?,17?,21-,22?,23-/m0/s1. The Hall–Kier alpha value is -1.49. The number of esters is 1. The molecule has 1 spiro atoms. The second kappa shape index (κ2) is 5.56. The number of hydrogen-bond donors (Lipinski definition) is 0. The van der Waals surface area contributed by atoms with Crippen LogP contribution in [0.2, 0.25) is 0 Å². The Labute approximate surface area is 166 Å². The zero-order valence-electron chi connectivity index (χ0n) is 17.3. The monoisotopic (exact) mass is 385 g/mol. The Morgan fingerprint density at radius 1 is 1.18 bits per heavy atom. The summed E-state index contributed by atoms with van der Waals surface area (Å²) < 4.78 is 5.81. The zero-order valence-corrected chi connectivity index (χ0v) is 17.3. The van der Waals surface area contributed by atoms with Crippen LogP contribution in [0.15, 0.2) is 12.2 Å². The van der Waals surface area contributed by atoms with Gasteiger partial charge in [-0.15, -0.1) is 0 Å². The van der Waals surface area contributed by atoms with Crippen molar-refractivity contribution in [2.45, 2.75) is 45.4 Å². The summed E-state index contributed by atoms with van der Waals surface area (Å²) in [4.78, 5) is 43.2. The van der Waals surface area contributed by atoms with Gasteiger partial charge in [0.1, 0.15) is 0 Å². The molecule has 6 fully saturated rings.